The minimum Gasteiger partial charge on any atom is -0.480 e. The van der Waals surface area contributed by atoms with E-state index in [0.717, 1.165) is 12.8 Å². The lowest BCUT2D eigenvalue weighted by atomic mass is 9.86. The van der Waals surface area contributed by atoms with E-state index >= 15 is 0 Å². The molecule has 4 nitrogen and oxygen atoms in total. The Morgan fingerprint density at radius 3 is 2.42 bits per heavy atom. The second-order valence-electron chi connectivity index (χ2n) is 5.98. The van der Waals surface area contributed by atoms with Crippen molar-refractivity contribution in [3.63, 3.8) is 0 Å². The molecule has 1 aliphatic carbocycles. The molecule has 4 heteroatoms. The number of amides is 1. The van der Waals surface area contributed by atoms with Gasteiger partial charge in [0.15, 0.2) is 0 Å². The Balaban J connectivity index is 2.37. The van der Waals surface area contributed by atoms with Gasteiger partial charge in [0.05, 0.1) is 0 Å². The average molecular weight is 269 g/mol. The van der Waals surface area contributed by atoms with Crippen molar-refractivity contribution in [2.75, 3.05) is 0 Å². The number of hydrogen-bond donors (Lipinski definition) is 2. The number of carboxylic acids is 1. The lowest BCUT2D eigenvalue weighted by Crippen LogP contribution is -2.52. The minimum absolute atomic E-state index is 0.121. The molecule has 110 valence electrons. The van der Waals surface area contributed by atoms with Gasteiger partial charge in [0.25, 0.3) is 0 Å². The standard InChI is InChI=1S/C15H27NO3/c1-3-11-15(2,14(18)19)16-13(17)10-9-12-7-5-4-6-8-12/h12H,3-11H2,1-2H3,(H,16,17)(H,18,19). The van der Waals surface area contributed by atoms with Crippen LogP contribution in [-0.2, 0) is 9.59 Å². The van der Waals surface area contributed by atoms with Gasteiger partial charge in [0, 0.05) is 6.42 Å². The smallest absolute Gasteiger partial charge is 0.329 e. The van der Waals surface area contributed by atoms with E-state index in [2.05, 4.69) is 5.32 Å². The van der Waals surface area contributed by atoms with Crippen LogP contribution in [0, 0.1) is 5.92 Å². The molecule has 1 unspecified atom stereocenters. The summed E-state index contributed by atoms with van der Waals surface area (Å²) in [5, 5.41) is 11.9. The van der Waals surface area contributed by atoms with Crippen molar-refractivity contribution in [3.8, 4) is 0 Å². The van der Waals surface area contributed by atoms with E-state index in [0.29, 0.717) is 18.8 Å². The molecule has 0 aromatic rings. The molecule has 2 N–H and O–H groups in total. The second kappa shape index (κ2) is 7.51. The molecule has 1 saturated carbocycles. The third kappa shape index (κ3) is 5.21. The van der Waals surface area contributed by atoms with Gasteiger partial charge in [-0.1, -0.05) is 45.4 Å². The molecule has 1 amide bonds. The van der Waals surface area contributed by atoms with Crippen LogP contribution in [0.4, 0.5) is 0 Å². The van der Waals surface area contributed by atoms with E-state index in [1.807, 2.05) is 6.92 Å². The summed E-state index contributed by atoms with van der Waals surface area (Å²) in [5.74, 6) is -0.411. The van der Waals surface area contributed by atoms with Crippen molar-refractivity contribution in [2.45, 2.75) is 77.2 Å². The SMILES string of the molecule is CCCC(C)(NC(=O)CCC1CCCCC1)C(=O)O. The van der Waals surface area contributed by atoms with Crippen LogP contribution >= 0.6 is 0 Å². The zero-order valence-corrected chi connectivity index (χ0v) is 12.2. The Labute approximate surface area is 116 Å². The molecule has 0 bridgehead atoms. The third-order valence-electron chi connectivity index (χ3n) is 4.14. The number of hydrogen-bond acceptors (Lipinski definition) is 2. The Morgan fingerprint density at radius 2 is 1.89 bits per heavy atom. The molecular weight excluding hydrogens is 242 g/mol. The van der Waals surface area contributed by atoms with E-state index in [1.165, 1.54) is 32.1 Å². The molecule has 0 aromatic heterocycles. The fraction of sp³-hybridized carbons (Fsp3) is 0.867. The molecule has 0 spiro atoms. The number of aliphatic carboxylic acids is 1. The predicted molar refractivity (Wildman–Crippen MR) is 74.9 cm³/mol. The summed E-state index contributed by atoms with van der Waals surface area (Å²) < 4.78 is 0. The lowest BCUT2D eigenvalue weighted by molar-refractivity contribution is -0.147. The molecule has 1 aliphatic rings. The van der Waals surface area contributed by atoms with Gasteiger partial charge < -0.3 is 10.4 Å². The normalized spacial score (nSPS) is 19.7. The second-order valence-corrected chi connectivity index (χ2v) is 5.98. The average Bonchev–Trinajstić information content (AvgIpc) is 2.37. The van der Waals surface area contributed by atoms with E-state index in [-0.39, 0.29) is 5.91 Å². The summed E-state index contributed by atoms with van der Waals surface area (Å²) in [6, 6.07) is 0. The number of carbonyl (C=O) groups excluding carboxylic acids is 1. The number of rotatable bonds is 7. The van der Waals surface area contributed by atoms with Gasteiger partial charge in [-0.05, 0) is 25.7 Å². The van der Waals surface area contributed by atoms with Gasteiger partial charge in [-0.15, -0.1) is 0 Å². The van der Waals surface area contributed by atoms with Gasteiger partial charge >= 0.3 is 5.97 Å². The Bertz CT molecular complexity index is 311. The minimum atomic E-state index is -1.11. The highest BCUT2D eigenvalue weighted by molar-refractivity contribution is 5.86. The highest BCUT2D eigenvalue weighted by atomic mass is 16.4. The van der Waals surface area contributed by atoms with Gasteiger partial charge in [0.1, 0.15) is 5.54 Å². The maximum absolute atomic E-state index is 11.9. The van der Waals surface area contributed by atoms with E-state index in [1.54, 1.807) is 6.92 Å². The first-order chi connectivity index (χ1) is 8.98. The van der Waals surface area contributed by atoms with Crippen molar-refractivity contribution in [1.82, 2.24) is 5.32 Å². The van der Waals surface area contributed by atoms with Crippen LogP contribution in [0.5, 0.6) is 0 Å². The van der Waals surface area contributed by atoms with Crippen LogP contribution in [0.1, 0.15) is 71.6 Å². The Kier molecular flexibility index (Phi) is 6.32. The van der Waals surface area contributed by atoms with Crippen molar-refractivity contribution < 1.29 is 14.7 Å². The molecule has 0 heterocycles. The van der Waals surface area contributed by atoms with Gasteiger partial charge in [-0.2, -0.15) is 0 Å². The first-order valence-corrected chi connectivity index (χ1v) is 7.52. The summed E-state index contributed by atoms with van der Waals surface area (Å²) >= 11 is 0. The maximum atomic E-state index is 11.9. The molecule has 19 heavy (non-hydrogen) atoms. The topological polar surface area (TPSA) is 66.4 Å². The fourth-order valence-corrected chi connectivity index (χ4v) is 2.90. The number of carboxylic acid groups (broad SMARTS) is 1. The van der Waals surface area contributed by atoms with Crippen molar-refractivity contribution in [3.05, 3.63) is 0 Å². The van der Waals surface area contributed by atoms with E-state index in [9.17, 15) is 14.7 Å². The highest BCUT2D eigenvalue weighted by Gasteiger charge is 2.33. The van der Waals surface area contributed by atoms with Crippen LogP contribution < -0.4 is 5.32 Å². The molecule has 0 radical (unpaired) electrons. The third-order valence-corrected chi connectivity index (χ3v) is 4.14. The summed E-state index contributed by atoms with van der Waals surface area (Å²) in [5.41, 5.74) is -1.11. The van der Waals surface area contributed by atoms with Crippen LogP contribution in [0.15, 0.2) is 0 Å². The summed E-state index contributed by atoms with van der Waals surface area (Å²) in [4.78, 5) is 23.1. The molecule has 1 atom stereocenters. The van der Waals surface area contributed by atoms with Gasteiger partial charge in [-0.3, -0.25) is 4.79 Å². The van der Waals surface area contributed by atoms with Crippen LogP contribution in [0.25, 0.3) is 0 Å². The van der Waals surface area contributed by atoms with Crippen molar-refractivity contribution >= 4 is 11.9 Å². The van der Waals surface area contributed by atoms with E-state index in [4.69, 9.17) is 0 Å². The summed E-state index contributed by atoms with van der Waals surface area (Å²) in [6.45, 7) is 3.52. The zero-order valence-electron chi connectivity index (χ0n) is 12.2. The number of carbonyl (C=O) groups is 2. The molecule has 1 rings (SSSR count). The molecule has 0 aliphatic heterocycles. The Hall–Kier alpha value is -1.06. The molecule has 1 fully saturated rings. The molecule has 0 saturated heterocycles. The van der Waals surface area contributed by atoms with E-state index < -0.39 is 11.5 Å². The van der Waals surface area contributed by atoms with Crippen molar-refractivity contribution in [2.24, 2.45) is 5.92 Å². The van der Waals surface area contributed by atoms with Crippen LogP contribution in [0.3, 0.4) is 0 Å². The van der Waals surface area contributed by atoms with Gasteiger partial charge in [-0.25, -0.2) is 4.79 Å². The Morgan fingerprint density at radius 1 is 1.26 bits per heavy atom. The predicted octanol–water partition coefficient (Wildman–Crippen LogP) is 3.11. The monoisotopic (exact) mass is 269 g/mol. The summed E-state index contributed by atoms with van der Waals surface area (Å²) in [7, 11) is 0. The highest BCUT2D eigenvalue weighted by Crippen LogP contribution is 2.27. The maximum Gasteiger partial charge on any atom is 0.329 e. The van der Waals surface area contributed by atoms with Gasteiger partial charge in [0.2, 0.25) is 5.91 Å². The zero-order chi connectivity index (χ0) is 14.3. The first kappa shape index (κ1) is 16.0. The summed E-state index contributed by atoms with van der Waals surface area (Å²) in [6.07, 6.45) is 8.87. The lowest BCUT2D eigenvalue weighted by Gasteiger charge is -2.26. The van der Waals surface area contributed by atoms with Crippen LogP contribution in [-0.4, -0.2) is 22.5 Å². The first-order valence-electron chi connectivity index (χ1n) is 7.52. The fourth-order valence-electron chi connectivity index (χ4n) is 2.90. The quantitative estimate of drug-likeness (QED) is 0.746. The molecule has 0 aromatic carbocycles. The van der Waals surface area contributed by atoms with Crippen LogP contribution in [0.2, 0.25) is 0 Å². The number of nitrogens with one attached hydrogen (secondary N) is 1. The largest absolute Gasteiger partial charge is 0.480 e. The molecular formula is C15H27NO3. The van der Waals surface area contributed by atoms with Crippen molar-refractivity contribution in [1.29, 1.82) is 0 Å².